The minimum atomic E-state index is 0.475. The summed E-state index contributed by atoms with van der Waals surface area (Å²) in [5.41, 5.74) is 2.00. The summed E-state index contributed by atoms with van der Waals surface area (Å²) in [6.45, 7) is 1.91. The minimum absolute atomic E-state index is 0.475. The first-order valence-corrected chi connectivity index (χ1v) is 4.45. The van der Waals surface area contributed by atoms with Crippen LogP contribution in [0.4, 0.5) is 0 Å². The van der Waals surface area contributed by atoms with Gasteiger partial charge in [0.1, 0.15) is 0 Å². The highest BCUT2D eigenvalue weighted by atomic mass is 35.5. The predicted molar refractivity (Wildman–Crippen MR) is 50.8 cm³/mol. The third kappa shape index (κ3) is 1.81. The van der Waals surface area contributed by atoms with Crippen LogP contribution in [-0.2, 0) is 5.88 Å². The van der Waals surface area contributed by atoms with E-state index in [1.165, 1.54) is 0 Å². The normalized spacial score (nSPS) is 10.2. The highest BCUT2D eigenvalue weighted by Crippen LogP contribution is 2.28. The Morgan fingerprint density at radius 3 is 2.45 bits per heavy atom. The zero-order valence-corrected chi connectivity index (χ0v) is 8.26. The summed E-state index contributed by atoms with van der Waals surface area (Å²) in [4.78, 5) is 0. The summed E-state index contributed by atoms with van der Waals surface area (Å²) in [6, 6.07) is 3.64. The molecule has 0 amide bonds. The second-order valence-corrected chi connectivity index (χ2v) is 3.33. The maximum Gasteiger partial charge on any atom is 0.0624 e. The van der Waals surface area contributed by atoms with Gasteiger partial charge in [0.15, 0.2) is 0 Å². The molecule has 3 heteroatoms. The number of hydrogen-bond donors (Lipinski definition) is 0. The highest BCUT2D eigenvalue weighted by Gasteiger charge is 2.04. The van der Waals surface area contributed by atoms with Crippen molar-refractivity contribution in [2.45, 2.75) is 12.8 Å². The molecule has 0 bridgehead atoms. The zero-order valence-electron chi connectivity index (χ0n) is 6.00. The molecule has 0 nitrogen and oxygen atoms in total. The minimum Gasteiger partial charge on any atom is -0.122 e. The van der Waals surface area contributed by atoms with Gasteiger partial charge in [-0.3, -0.25) is 0 Å². The molecule has 0 saturated carbocycles. The largest absolute Gasteiger partial charge is 0.122 e. The molecule has 0 atom stereocenters. The van der Waals surface area contributed by atoms with Crippen LogP contribution in [0.2, 0.25) is 10.0 Å². The number of benzene rings is 1. The third-order valence-electron chi connectivity index (χ3n) is 1.60. The SMILES string of the molecule is Cc1c(CCl)ccc(Cl)c1Cl. The van der Waals surface area contributed by atoms with E-state index in [-0.39, 0.29) is 0 Å². The first-order valence-electron chi connectivity index (χ1n) is 3.16. The molecule has 0 saturated heterocycles. The summed E-state index contributed by atoms with van der Waals surface area (Å²) >= 11 is 17.3. The van der Waals surface area contributed by atoms with Crippen molar-refractivity contribution in [1.82, 2.24) is 0 Å². The van der Waals surface area contributed by atoms with Gasteiger partial charge in [0.05, 0.1) is 10.0 Å². The Hall–Kier alpha value is 0.0900. The first-order chi connectivity index (χ1) is 5.16. The Balaban J connectivity index is 3.25. The molecular weight excluding hydrogens is 202 g/mol. The second-order valence-electron chi connectivity index (χ2n) is 2.28. The molecule has 0 N–H and O–H groups in total. The van der Waals surface area contributed by atoms with Crippen molar-refractivity contribution in [1.29, 1.82) is 0 Å². The van der Waals surface area contributed by atoms with Crippen LogP contribution in [0.3, 0.4) is 0 Å². The fraction of sp³-hybridized carbons (Fsp3) is 0.250. The molecule has 0 heterocycles. The molecule has 0 radical (unpaired) electrons. The van der Waals surface area contributed by atoms with Crippen LogP contribution in [0.15, 0.2) is 12.1 Å². The molecule has 11 heavy (non-hydrogen) atoms. The van der Waals surface area contributed by atoms with E-state index in [0.29, 0.717) is 15.9 Å². The van der Waals surface area contributed by atoms with Crippen molar-refractivity contribution < 1.29 is 0 Å². The van der Waals surface area contributed by atoms with E-state index in [0.717, 1.165) is 11.1 Å². The Kier molecular flexibility index (Phi) is 3.06. The predicted octanol–water partition coefficient (Wildman–Crippen LogP) is 4.04. The van der Waals surface area contributed by atoms with Crippen LogP contribution in [-0.4, -0.2) is 0 Å². The van der Waals surface area contributed by atoms with Gasteiger partial charge in [-0.15, -0.1) is 11.6 Å². The molecular formula is C8H7Cl3. The summed E-state index contributed by atoms with van der Waals surface area (Å²) in [5, 5.41) is 1.18. The monoisotopic (exact) mass is 208 g/mol. The van der Waals surface area contributed by atoms with Gasteiger partial charge in [0, 0.05) is 5.88 Å². The number of halogens is 3. The molecule has 1 rings (SSSR count). The number of rotatable bonds is 1. The van der Waals surface area contributed by atoms with Gasteiger partial charge in [-0.25, -0.2) is 0 Å². The molecule has 0 aliphatic rings. The topological polar surface area (TPSA) is 0 Å². The van der Waals surface area contributed by atoms with Crippen molar-refractivity contribution in [3.63, 3.8) is 0 Å². The van der Waals surface area contributed by atoms with Crippen LogP contribution in [0.5, 0.6) is 0 Å². The molecule has 0 unspecified atom stereocenters. The van der Waals surface area contributed by atoms with Crippen molar-refractivity contribution >= 4 is 34.8 Å². The van der Waals surface area contributed by atoms with Gasteiger partial charge in [0.25, 0.3) is 0 Å². The lowest BCUT2D eigenvalue weighted by atomic mass is 10.1. The molecule has 1 aromatic rings. The van der Waals surface area contributed by atoms with E-state index in [2.05, 4.69) is 0 Å². The Labute approximate surface area is 81.1 Å². The molecule has 1 aromatic carbocycles. The number of hydrogen-bond acceptors (Lipinski definition) is 0. The van der Waals surface area contributed by atoms with Gasteiger partial charge in [-0.2, -0.15) is 0 Å². The first kappa shape index (κ1) is 9.18. The smallest absolute Gasteiger partial charge is 0.0624 e. The Bertz CT molecular complexity index is 268. The molecule has 0 spiro atoms. The highest BCUT2D eigenvalue weighted by molar-refractivity contribution is 6.42. The van der Waals surface area contributed by atoms with E-state index in [1.54, 1.807) is 6.07 Å². The van der Waals surface area contributed by atoms with E-state index < -0.39 is 0 Å². The lowest BCUT2D eigenvalue weighted by Crippen LogP contribution is -1.85. The van der Waals surface area contributed by atoms with Crippen LogP contribution < -0.4 is 0 Å². The fourth-order valence-electron chi connectivity index (χ4n) is 0.837. The van der Waals surface area contributed by atoms with Crippen molar-refractivity contribution in [2.75, 3.05) is 0 Å². The van der Waals surface area contributed by atoms with Crippen LogP contribution in [0.25, 0.3) is 0 Å². The summed E-state index contributed by atoms with van der Waals surface area (Å²) in [7, 11) is 0. The maximum atomic E-state index is 5.87. The quantitative estimate of drug-likeness (QED) is 0.613. The van der Waals surface area contributed by atoms with Crippen molar-refractivity contribution in [3.8, 4) is 0 Å². The van der Waals surface area contributed by atoms with Gasteiger partial charge >= 0.3 is 0 Å². The summed E-state index contributed by atoms with van der Waals surface area (Å²) in [5.74, 6) is 0.475. The van der Waals surface area contributed by atoms with Crippen LogP contribution in [0, 0.1) is 6.92 Å². The van der Waals surface area contributed by atoms with Crippen LogP contribution in [0.1, 0.15) is 11.1 Å². The molecule has 0 aliphatic heterocycles. The Morgan fingerprint density at radius 2 is 1.91 bits per heavy atom. The van der Waals surface area contributed by atoms with Gasteiger partial charge in [-0.1, -0.05) is 29.3 Å². The van der Waals surface area contributed by atoms with Crippen molar-refractivity contribution in [3.05, 3.63) is 33.3 Å². The number of alkyl halides is 1. The maximum absolute atomic E-state index is 5.87. The average Bonchev–Trinajstić information content (AvgIpc) is 2.01. The van der Waals surface area contributed by atoms with E-state index in [1.807, 2.05) is 13.0 Å². The summed E-state index contributed by atoms with van der Waals surface area (Å²) in [6.07, 6.45) is 0. The van der Waals surface area contributed by atoms with Gasteiger partial charge < -0.3 is 0 Å². The summed E-state index contributed by atoms with van der Waals surface area (Å²) < 4.78 is 0. The van der Waals surface area contributed by atoms with E-state index in [4.69, 9.17) is 34.8 Å². The average molecular weight is 210 g/mol. The fourth-order valence-corrected chi connectivity index (χ4v) is 1.52. The van der Waals surface area contributed by atoms with E-state index in [9.17, 15) is 0 Å². The van der Waals surface area contributed by atoms with Crippen molar-refractivity contribution in [2.24, 2.45) is 0 Å². The third-order valence-corrected chi connectivity index (χ3v) is 2.78. The molecule has 0 aliphatic carbocycles. The molecule has 60 valence electrons. The zero-order chi connectivity index (χ0) is 8.43. The lowest BCUT2D eigenvalue weighted by Gasteiger charge is -2.04. The second kappa shape index (κ2) is 3.66. The molecule has 0 aromatic heterocycles. The van der Waals surface area contributed by atoms with Crippen LogP contribution >= 0.6 is 34.8 Å². The van der Waals surface area contributed by atoms with Gasteiger partial charge in [0.2, 0.25) is 0 Å². The Morgan fingerprint density at radius 1 is 1.27 bits per heavy atom. The van der Waals surface area contributed by atoms with E-state index >= 15 is 0 Å². The standard InChI is InChI=1S/C8H7Cl3/c1-5-6(4-9)2-3-7(10)8(5)11/h2-3H,4H2,1H3. The van der Waals surface area contributed by atoms with Gasteiger partial charge in [-0.05, 0) is 24.1 Å². The lowest BCUT2D eigenvalue weighted by molar-refractivity contribution is 1.30. The molecule has 0 fully saturated rings.